The molecule has 0 atom stereocenters. The molecule has 0 bridgehead atoms. The third-order valence-electron chi connectivity index (χ3n) is 3.33. The normalized spacial score (nSPS) is 10.2. The number of nitrogens with one attached hydrogen (secondary N) is 2. The van der Waals surface area contributed by atoms with Gasteiger partial charge in [0.15, 0.2) is 0 Å². The molecule has 0 saturated carbocycles. The van der Waals surface area contributed by atoms with E-state index in [1.807, 2.05) is 24.3 Å². The maximum absolute atomic E-state index is 12.2. The number of benzene rings is 2. The summed E-state index contributed by atoms with van der Waals surface area (Å²) in [5.41, 5.74) is 1.64. The summed E-state index contributed by atoms with van der Waals surface area (Å²) in [4.78, 5) is 20.5. The molecule has 126 valence electrons. The zero-order valence-corrected chi connectivity index (χ0v) is 14.1. The van der Waals surface area contributed by atoms with Crippen molar-refractivity contribution >= 4 is 34.7 Å². The molecule has 2 aromatic carbocycles. The van der Waals surface area contributed by atoms with Gasteiger partial charge in [-0.05, 0) is 42.5 Å². The molecular weight excluding hydrogens is 340 g/mol. The second kappa shape index (κ2) is 7.63. The second-order valence-electron chi connectivity index (χ2n) is 5.10. The van der Waals surface area contributed by atoms with E-state index in [1.54, 1.807) is 31.4 Å². The third kappa shape index (κ3) is 4.45. The van der Waals surface area contributed by atoms with Crippen molar-refractivity contribution < 1.29 is 9.53 Å². The zero-order chi connectivity index (χ0) is 17.6. The van der Waals surface area contributed by atoms with Gasteiger partial charge < -0.3 is 15.4 Å². The van der Waals surface area contributed by atoms with E-state index in [4.69, 9.17) is 16.3 Å². The first kappa shape index (κ1) is 16.7. The van der Waals surface area contributed by atoms with Crippen molar-refractivity contribution in [3.8, 4) is 5.75 Å². The topological polar surface area (TPSA) is 76.1 Å². The van der Waals surface area contributed by atoms with Crippen molar-refractivity contribution in [2.24, 2.45) is 0 Å². The van der Waals surface area contributed by atoms with Crippen LogP contribution < -0.4 is 15.4 Å². The predicted octanol–water partition coefficient (Wildman–Crippen LogP) is 4.13. The van der Waals surface area contributed by atoms with Crippen molar-refractivity contribution in [1.82, 2.24) is 9.97 Å². The van der Waals surface area contributed by atoms with Gasteiger partial charge in [0.1, 0.15) is 17.3 Å². The maximum atomic E-state index is 12.2. The van der Waals surface area contributed by atoms with E-state index >= 15 is 0 Å². The van der Waals surface area contributed by atoms with E-state index in [0.717, 1.165) is 11.4 Å². The van der Waals surface area contributed by atoms with Gasteiger partial charge in [-0.1, -0.05) is 17.7 Å². The van der Waals surface area contributed by atoms with Crippen LogP contribution in [0.15, 0.2) is 60.9 Å². The highest BCUT2D eigenvalue weighted by atomic mass is 35.5. The molecule has 0 aliphatic carbocycles. The summed E-state index contributed by atoms with van der Waals surface area (Å²) in [5, 5.41) is 6.37. The summed E-state index contributed by atoms with van der Waals surface area (Å²) in [5.74, 6) is 0.944. The van der Waals surface area contributed by atoms with Gasteiger partial charge in [0.25, 0.3) is 5.91 Å². The monoisotopic (exact) mass is 354 g/mol. The molecule has 1 amide bonds. The van der Waals surface area contributed by atoms with E-state index in [0.29, 0.717) is 16.5 Å². The quantitative estimate of drug-likeness (QED) is 0.720. The summed E-state index contributed by atoms with van der Waals surface area (Å²) in [7, 11) is 1.61. The molecule has 0 spiro atoms. The van der Waals surface area contributed by atoms with Crippen LogP contribution in [0.4, 0.5) is 17.2 Å². The van der Waals surface area contributed by atoms with Crippen LogP contribution in [-0.4, -0.2) is 23.0 Å². The summed E-state index contributed by atoms with van der Waals surface area (Å²) in [6.07, 6.45) is 2.91. The molecule has 0 aliphatic rings. The smallest absolute Gasteiger partial charge is 0.275 e. The summed E-state index contributed by atoms with van der Waals surface area (Å²) in [6.45, 7) is 0. The summed E-state index contributed by atoms with van der Waals surface area (Å²) >= 11 is 5.90. The number of aromatic nitrogens is 2. The van der Waals surface area contributed by atoms with Crippen LogP contribution in [0.25, 0.3) is 0 Å². The van der Waals surface area contributed by atoms with Gasteiger partial charge in [-0.2, -0.15) is 0 Å². The molecule has 0 unspecified atom stereocenters. The average Bonchev–Trinajstić information content (AvgIpc) is 2.63. The van der Waals surface area contributed by atoms with Crippen molar-refractivity contribution in [3.05, 3.63) is 71.6 Å². The lowest BCUT2D eigenvalue weighted by Gasteiger charge is -2.08. The Kier molecular flexibility index (Phi) is 5.11. The Balaban J connectivity index is 1.65. The third-order valence-corrected chi connectivity index (χ3v) is 3.56. The van der Waals surface area contributed by atoms with Crippen molar-refractivity contribution in [2.75, 3.05) is 17.7 Å². The second-order valence-corrected chi connectivity index (χ2v) is 5.54. The standard InChI is InChI=1S/C18H15ClN4O2/c1-25-15-7-5-13(6-8-15)22-17-11-20-16(10-21-17)18(24)23-14-4-2-3-12(19)9-14/h2-11H,1H3,(H,21,22)(H,23,24). The van der Waals surface area contributed by atoms with Gasteiger partial charge in [0, 0.05) is 16.4 Å². The Labute approximate surface area is 149 Å². The molecule has 7 heteroatoms. The highest BCUT2D eigenvalue weighted by Gasteiger charge is 2.09. The van der Waals surface area contributed by atoms with Gasteiger partial charge in [-0.3, -0.25) is 4.79 Å². The molecule has 0 aliphatic heterocycles. The number of rotatable bonds is 5. The van der Waals surface area contributed by atoms with Crippen molar-refractivity contribution in [3.63, 3.8) is 0 Å². The van der Waals surface area contributed by atoms with Gasteiger partial charge >= 0.3 is 0 Å². The fraction of sp³-hybridized carbons (Fsp3) is 0.0556. The summed E-state index contributed by atoms with van der Waals surface area (Å²) in [6, 6.07) is 14.3. The molecule has 25 heavy (non-hydrogen) atoms. The summed E-state index contributed by atoms with van der Waals surface area (Å²) < 4.78 is 5.11. The molecule has 2 N–H and O–H groups in total. The first-order chi connectivity index (χ1) is 12.1. The Morgan fingerprint density at radius 3 is 2.48 bits per heavy atom. The van der Waals surface area contributed by atoms with E-state index in [1.165, 1.54) is 12.4 Å². The number of carbonyl (C=O) groups excluding carboxylic acids is 1. The fourth-order valence-electron chi connectivity index (χ4n) is 2.09. The fourth-order valence-corrected chi connectivity index (χ4v) is 2.28. The minimum absolute atomic E-state index is 0.209. The van der Waals surface area contributed by atoms with Crippen LogP contribution in [0.1, 0.15) is 10.5 Å². The Morgan fingerprint density at radius 2 is 1.84 bits per heavy atom. The zero-order valence-electron chi connectivity index (χ0n) is 13.4. The minimum Gasteiger partial charge on any atom is -0.497 e. The number of hydrogen-bond acceptors (Lipinski definition) is 5. The van der Waals surface area contributed by atoms with Crippen LogP contribution in [0.3, 0.4) is 0 Å². The van der Waals surface area contributed by atoms with Crippen LogP contribution in [-0.2, 0) is 0 Å². The SMILES string of the molecule is COc1ccc(Nc2cnc(C(=O)Nc3cccc(Cl)c3)cn2)cc1. The number of carbonyl (C=O) groups is 1. The number of halogens is 1. The first-order valence-electron chi connectivity index (χ1n) is 7.44. The number of anilines is 3. The van der Waals surface area contributed by atoms with Crippen LogP contribution in [0.2, 0.25) is 5.02 Å². The van der Waals surface area contributed by atoms with Crippen molar-refractivity contribution in [1.29, 1.82) is 0 Å². The molecule has 0 radical (unpaired) electrons. The molecule has 6 nitrogen and oxygen atoms in total. The highest BCUT2D eigenvalue weighted by molar-refractivity contribution is 6.30. The number of nitrogens with zero attached hydrogens (tertiary/aromatic N) is 2. The number of hydrogen-bond donors (Lipinski definition) is 2. The minimum atomic E-state index is -0.356. The number of amides is 1. The highest BCUT2D eigenvalue weighted by Crippen LogP contribution is 2.19. The van der Waals surface area contributed by atoms with Gasteiger partial charge in [-0.25, -0.2) is 9.97 Å². The predicted molar refractivity (Wildman–Crippen MR) is 97.7 cm³/mol. The Morgan fingerprint density at radius 1 is 1.04 bits per heavy atom. The molecule has 1 heterocycles. The molecule has 0 fully saturated rings. The lowest BCUT2D eigenvalue weighted by atomic mass is 10.3. The number of ether oxygens (including phenoxy) is 1. The Bertz CT molecular complexity index is 867. The van der Waals surface area contributed by atoms with E-state index in [-0.39, 0.29) is 11.6 Å². The largest absolute Gasteiger partial charge is 0.497 e. The van der Waals surface area contributed by atoms with Gasteiger partial charge in [-0.15, -0.1) is 0 Å². The molecule has 0 saturated heterocycles. The number of methoxy groups -OCH3 is 1. The molecule has 3 aromatic rings. The lowest BCUT2D eigenvalue weighted by molar-refractivity contribution is 0.102. The molecular formula is C18H15ClN4O2. The van der Waals surface area contributed by atoms with Crippen LogP contribution >= 0.6 is 11.6 Å². The molecule has 1 aromatic heterocycles. The van der Waals surface area contributed by atoms with E-state index < -0.39 is 0 Å². The van der Waals surface area contributed by atoms with Crippen LogP contribution in [0.5, 0.6) is 5.75 Å². The lowest BCUT2D eigenvalue weighted by Crippen LogP contribution is -2.14. The first-order valence-corrected chi connectivity index (χ1v) is 7.82. The van der Waals surface area contributed by atoms with Crippen molar-refractivity contribution in [2.45, 2.75) is 0 Å². The van der Waals surface area contributed by atoms with E-state index in [9.17, 15) is 4.79 Å². The van der Waals surface area contributed by atoms with E-state index in [2.05, 4.69) is 20.6 Å². The van der Waals surface area contributed by atoms with Gasteiger partial charge in [0.05, 0.1) is 19.5 Å². The average molecular weight is 355 g/mol. The maximum Gasteiger partial charge on any atom is 0.275 e. The Hall–Kier alpha value is -3.12. The molecule has 3 rings (SSSR count). The van der Waals surface area contributed by atoms with Gasteiger partial charge in [0.2, 0.25) is 0 Å². The van der Waals surface area contributed by atoms with Crippen LogP contribution in [0, 0.1) is 0 Å².